The highest BCUT2D eigenvalue weighted by Gasteiger charge is 2.22. The molecule has 3 heteroatoms. The molecule has 0 aliphatic rings. The van der Waals surface area contributed by atoms with Crippen molar-refractivity contribution in [3.63, 3.8) is 0 Å². The van der Waals surface area contributed by atoms with Crippen LogP contribution in [0.5, 0.6) is 0 Å². The Bertz CT molecular complexity index is 2350. The summed E-state index contributed by atoms with van der Waals surface area (Å²) in [5.41, 5.74) is 22.5. The van der Waals surface area contributed by atoms with Crippen LogP contribution in [0.1, 0.15) is 72.7 Å². The Morgan fingerprint density at radius 1 is 0.418 bits per heavy atom. The molecule has 0 bridgehead atoms. The minimum absolute atomic E-state index is 0.0196. The first-order valence-corrected chi connectivity index (χ1v) is 19.5. The van der Waals surface area contributed by atoms with E-state index in [2.05, 4.69) is 213 Å². The molecule has 0 aromatic heterocycles. The number of fused-ring (bicyclic) bond motifs is 1. The van der Waals surface area contributed by atoms with Crippen LogP contribution in [-0.4, -0.2) is 14.1 Å². The van der Waals surface area contributed by atoms with Gasteiger partial charge in [0.15, 0.2) is 0 Å². The molecule has 7 aromatic carbocycles. The van der Waals surface area contributed by atoms with E-state index >= 15 is 0 Å². The van der Waals surface area contributed by atoms with Crippen LogP contribution in [0.25, 0.3) is 10.8 Å². The average Bonchev–Trinajstić information content (AvgIpc) is 3.13. The molecule has 7 aromatic rings. The number of nitrogens with zero attached hydrogens (tertiary/aromatic N) is 2. The van der Waals surface area contributed by atoms with Gasteiger partial charge in [-0.05, 0) is 148 Å². The van der Waals surface area contributed by atoms with Crippen LogP contribution in [0.2, 0.25) is 0 Å². The predicted octanol–water partition coefficient (Wildman–Crippen LogP) is 14.1. The summed E-state index contributed by atoms with van der Waals surface area (Å²) in [5.74, 6) is 0.0196. The second kappa shape index (κ2) is 15.1. The van der Waals surface area contributed by atoms with Gasteiger partial charge in [-0.1, -0.05) is 108 Å². The van der Waals surface area contributed by atoms with Crippen molar-refractivity contribution < 1.29 is 0 Å². The van der Waals surface area contributed by atoms with Crippen LogP contribution in [0.3, 0.4) is 0 Å². The van der Waals surface area contributed by atoms with Gasteiger partial charge in [0, 0.05) is 59.5 Å². The lowest BCUT2D eigenvalue weighted by Crippen LogP contribution is -2.14. The summed E-state index contributed by atoms with van der Waals surface area (Å²) in [4.78, 5) is 4.65. The van der Waals surface area contributed by atoms with Crippen molar-refractivity contribution in [2.75, 3.05) is 29.2 Å². The second-order valence-electron chi connectivity index (χ2n) is 15.9. The van der Waals surface area contributed by atoms with E-state index in [1.54, 1.807) is 0 Å². The van der Waals surface area contributed by atoms with Crippen LogP contribution in [-0.2, 0) is 0 Å². The van der Waals surface area contributed by atoms with Gasteiger partial charge in [0.1, 0.15) is 0 Å². The normalized spacial score (nSPS) is 11.3. The third-order valence-electron chi connectivity index (χ3n) is 11.4. The molecule has 0 aliphatic heterocycles. The molecule has 0 radical (unpaired) electrons. The molecule has 0 amide bonds. The molecule has 7 rings (SSSR count). The van der Waals surface area contributed by atoms with Crippen molar-refractivity contribution in [1.29, 1.82) is 0 Å². The Morgan fingerprint density at radius 2 is 0.800 bits per heavy atom. The smallest absolute Gasteiger partial charge is 0.0467 e. The van der Waals surface area contributed by atoms with E-state index in [1.165, 1.54) is 106 Å². The standard InChI is InChI=1S/C52H55N3/c1-32-26-35(4)50(36(5)27-32)53-48-25-24-47(45-14-12-13-15-46(45)48)49(41-16-20-43(21-17-41)54(10)51-37(6)28-33(2)29-38(51)7)42-18-22-44(23-19-42)55(11)52-39(8)30-34(3)31-40(52)9/h12-31,49,53H,1-11H3. The summed E-state index contributed by atoms with van der Waals surface area (Å²) in [5, 5.41) is 6.31. The Labute approximate surface area is 329 Å². The summed E-state index contributed by atoms with van der Waals surface area (Å²) in [7, 11) is 4.36. The first kappa shape index (κ1) is 37.5. The van der Waals surface area contributed by atoms with Gasteiger partial charge < -0.3 is 15.1 Å². The monoisotopic (exact) mass is 721 g/mol. The molecule has 55 heavy (non-hydrogen) atoms. The topological polar surface area (TPSA) is 18.5 Å². The molecule has 0 unspecified atom stereocenters. The van der Waals surface area contributed by atoms with Gasteiger partial charge in [-0.3, -0.25) is 0 Å². The van der Waals surface area contributed by atoms with E-state index in [0.717, 1.165) is 5.69 Å². The fraction of sp³-hybridized carbons (Fsp3) is 0.231. The lowest BCUT2D eigenvalue weighted by molar-refractivity contribution is 0.986. The number of aryl methyl sites for hydroxylation is 9. The molecule has 3 nitrogen and oxygen atoms in total. The minimum atomic E-state index is 0.0196. The van der Waals surface area contributed by atoms with Crippen molar-refractivity contribution in [2.24, 2.45) is 0 Å². The van der Waals surface area contributed by atoms with E-state index in [4.69, 9.17) is 0 Å². The van der Waals surface area contributed by atoms with Crippen molar-refractivity contribution in [1.82, 2.24) is 0 Å². The highest BCUT2D eigenvalue weighted by atomic mass is 15.1. The summed E-state index contributed by atoms with van der Waals surface area (Å²) in [6, 6.07) is 45.5. The molecular weight excluding hydrogens is 667 g/mol. The maximum absolute atomic E-state index is 3.84. The van der Waals surface area contributed by atoms with Gasteiger partial charge in [-0.15, -0.1) is 0 Å². The van der Waals surface area contributed by atoms with Crippen molar-refractivity contribution in [3.8, 4) is 0 Å². The second-order valence-corrected chi connectivity index (χ2v) is 15.9. The maximum Gasteiger partial charge on any atom is 0.0467 e. The van der Waals surface area contributed by atoms with Gasteiger partial charge in [-0.2, -0.15) is 0 Å². The summed E-state index contributed by atoms with van der Waals surface area (Å²) in [6.45, 7) is 19.7. The molecule has 0 spiro atoms. The SMILES string of the molecule is Cc1cc(C)c(Nc2ccc(C(c3ccc(N(C)c4c(C)cc(C)cc4C)cc3)c3ccc(N(C)c4c(C)cc(C)cc4C)cc3)c3ccccc23)c(C)c1. The molecule has 0 atom stereocenters. The number of hydrogen-bond donors (Lipinski definition) is 1. The van der Waals surface area contributed by atoms with Gasteiger partial charge >= 0.3 is 0 Å². The molecular formula is C52H55N3. The number of hydrogen-bond acceptors (Lipinski definition) is 3. The molecule has 0 heterocycles. The largest absolute Gasteiger partial charge is 0.355 e. The third-order valence-corrected chi connectivity index (χ3v) is 11.4. The van der Waals surface area contributed by atoms with Crippen LogP contribution in [0.4, 0.5) is 34.1 Å². The highest BCUT2D eigenvalue weighted by Crippen LogP contribution is 2.42. The van der Waals surface area contributed by atoms with Crippen molar-refractivity contribution >= 4 is 44.9 Å². The minimum Gasteiger partial charge on any atom is -0.355 e. The molecule has 0 saturated carbocycles. The van der Waals surface area contributed by atoms with Gasteiger partial charge in [0.05, 0.1) is 0 Å². The number of anilines is 6. The van der Waals surface area contributed by atoms with Gasteiger partial charge in [0.2, 0.25) is 0 Å². The lowest BCUT2D eigenvalue weighted by Gasteiger charge is -2.27. The fourth-order valence-corrected chi connectivity index (χ4v) is 9.19. The first-order chi connectivity index (χ1) is 26.3. The van der Waals surface area contributed by atoms with Crippen LogP contribution >= 0.6 is 0 Å². The molecule has 1 N–H and O–H groups in total. The first-order valence-electron chi connectivity index (χ1n) is 19.5. The Balaban J connectivity index is 1.33. The zero-order valence-electron chi connectivity index (χ0n) is 34.5. The summed E-state index contributed by atoms with van der Waals surface area (Å²) in [6.07, 6.45) is 0. The van der Waals surface area contributed by atoms with E-state index < -0.39 is 0 Å². The zero-order chi connectivity index (χ0) is 39.1. The third kappa shape index (κ3) is 7.36. The van der Waals surface area contributed by atoms with E-state index in [0.29, 0.717) is 0 Å². The van der Waals surface area contributed by atoms with E-state index in [9.17, 15) is 0 Å². The average molecular weight is 722 g/mol. The lowest BCUT2D eigenvalue weighted by atomic mass is 9.82. The van der Waals surface area contributed by atoms with Gasteiger partial charge in [-0.25, -0.2) is 0 Å². The predicted molar refractivity (Wildman–Crippen MR) is 239 cm³/mol. The van der Waals surface area contributed by atoms with Gasteiger partial charge in [0.25, 0.3) is 0 Å². The number of rotatable bonds is 9. The van der Waals surface area contributed by atoms with Crippen molar-refractivity contribution in [2.45, 2.75) is 68.2 Å². The number of nitrogens with one attached hydrogen (secondary N) is 1. The molecule has 0 fully saturated rings. The molecule has 0 aliphatic carbocycles. The van der Waals surface area contributed by atoms with E-state index in [-0.39, 0.29) is 5.92 Å². The Kier molecular flexibility index (Phi) is 10.3. The summed E-state index contributed by atoms with van der Waals surface area (Å²) < 4.78 is 0. The Morgan fingerprint density at radius 3 is 1.22 bits per heavy atom. The maximum atomic E-state index is 3.84. The molecule has 0 saturated heterocycles. The number of benzene rings is 7. The van der Waals surface area contributed by atoms with Crippen LogP contribution < -0.4 is 15.1 Å². The van der Waals surface area contributed by atoms with E-state index in [1.807, 2.05) is 0 Å². The fourth-order valence-electron chi connectivity index (χ4n) is 9.19. The highest BCUT2D eigenvalue weighted by molar-refractivity contribution is 5.98. The zero-order valence-corrected chi connectivity index (χ0v) is 34.5. The Hall–Kier alpha value is -5.80. The quantitative estimate of drug-likeness (QED) is 0.150. The van der Waals surface area contributed by atoms with Crippen molar-refractivity contribution in [3.05, 3.63) is 188 Å². The van der Waals surface area contributed by atoms with Crippen LogP contribution in [0.15, 0.2) is 121 Å². The molecule has 278 valence electrons. The summed E-state index contributed by atoms with van der Waals surface area (Å²) >= 11 is 0. The van der Waals surface area contributed by atoms with Crippen LogP contribution in [0, 0.1) is 62.3 Å².